The lowest BCUT2D eigenvalue weighted by molar-refractivity contribution is -0.209. The Kier molecular flexibility index (Phi) is 3.29. The monoisotopic (exact) mass is 290 g/mol. The number of hydrogen-bond donors (Lipinski definition) is 1. The molecule has 0 saturated carbocycles. The maximum Gasteiger partial charge on any atom is 0.173 e. The summed E-state index contributed by atoms with van der Waals surface area (Å²) in [6, 6.07) is 3.77. The van der Waals surface area contributed by atoms with Crippen molar-refractivity contribution in [2.75, 3.05) is 31.7 Å². The van der Waals surface area contributed by atoms with Gasteiger partial charge in [-0.25, -0.2) is 4.98 Å². The van der Waals surface area contributed by atoms with Gasteiger partial charge in [0.1, 0.15) is 17.5 Å². The second kappa shape index (κ2) is 5.29. The largest absolute Gasteiger partial charge is 0.464 e. The standard InChI is InChI=1S/C15H18N2O4/c1-5-16-14(12-2-6-19-13(1)12)17-9-11-10-20-15(21-11)3-7-18-8-4-15/h1-2,5-6,11H,3-4,7-10H2,(H,16,17)/t11-/m1/s1. The third-order valence-corrected chi connectivity index (χ3v) is 4.05. The average Bonchev–Trinajstić information content (AvgIpc) is 3.13. The summed E-state index contributed by atoms with van der Waals surface area (Å²) in [5.74, 6) is 0.387. The Balaban J connectivity index is 1.40. The molecule has 0 aliphatic carbocycles. The highest BCUT2D eigenvalue weighted by molar-refractivity contribution is 5.87. The van der Waals surface area contributed by atoms with Crippen LogP contribution in [-0.2, 0) is 14.2 Å². The van der Waals surface area contributed by atoms with E-state index < -0.39 is 5.79 Å². The molecule has 21 heavy (non-hydrogen) atoms. The lowest BCUT2D eigenvalue weighted by atomic mass is 10.1. The number of fused-ring (bicyclic) bond motifs is 1. The van der Waals surface area contributed by atoms with Crippen LogP contribution in [0.1, 0.15) is 12.8 Å². The van der Waals surface area contributed by atoms with Crippen LogP contribution in [0.25, 0.3) is 11.0 Å². The molecule has 2 aliphatic rings. The molecule has 1 spiro atoms. The van der Waals surface area contributed by atoms with E-state index in [1.54, 1.807) is 12.5 Å². The maximum absolute atomic E-state index is 6.09. The second-order valence-electron chi connectivity index (χ2n) is 5.45. The molecule has 6 nitrogen and oxygen atoms in total. The van der Waals surface area contributed by atoms with E-state index in [4.69, 9.17) is 18.6 Å². The fraction of sp³-hybridized carbons (Fsp3) is 0.533. The quantitative estimate of drug-likeness (QED) is 0.934. The van der Waals surface area contributed by atoms with Crippen molar-refractivity contribution in [1.82, 2.24) is 4.98 Å². The van der Waals surface area contributed by atoms with E-state index in [0.717, 1.165) is 29.6 Å². The fourth-order valence-corrected chi connectivity index (χ4v) is 2.91. The van der Waals surface area contributed by atoms with Crippen LogP contribution >= 0.6 is 0 Å². The number of nitrogens with zero attached hydrogens (tertiary/aromatic N) is 1. The van der Waals surface area contributed by atoms with E-state index in [-0.39, 0.29) is 6.10 Å². The molecule has 0 bridgehead atoms. The molecule has 1 atom stereocenters. The lowest BCUT2D eigenvalue weighted by Gasteiger charge is -2.31. The van der Waals surface area contributed by atoms with E-state index in [0.29, 0.717) is 26.4 Å². The number of hydrogen-bond acceptors (Lipinski definition) is 6. The van der Waals surface area contributed by atoms with Gasteiger partial charge in [-0.3, -0.25) is 0 Å². The van der Waals surface area contributed by atoms with Crippen LogP contribution in [-0.4, -0.2) is 43.2 Å². The summed E-state index contributed by atoms with van der Waals surface area (Å²) < 4.78 is 22.7. The van der Waals surface area contributed by atoms with Crippen molar-refractivity contribution in [3.05, 3.63) is 24.6 Å². The number of pyridine rings is 1. The van der Waals surface area contributed by atoms with Crippen molar-refractivity contribution in [2.24, 2.45) is 0 Å². The average molecular weight is 290 g/mol. The first kappa shape index (κ1) is 13.1. The van der Waals surface area contributed by atoms with Crippen molar-refractivity contribution in [1.29, 1.82) is 0 Å². The minimum atomic E-state index is -0.431. The van der Waals surface area contributed by atoms with Gasteiger partial charge in [-0.15, -0.1) is 0 Å². The Morgan fingerprint density at radius 1 is 1.29 bits per heavy atom. The van der Waals surface area contributed by atoms with E-state index in [2.05, 4.69) is 10.3 Å². The number of aromatic nitrogens is 1. The molecule has 112 valence electrons. The molecule has 2 aromatic rings. The number of ether oxygens (including phenoxy) is 3. The maximum atomic E-state index is 6.09. The third-order valence-electron chi connectivity index (χ3n) is 4.05. The molecular formula is C15H18N2O4. The molecule has 0 amide bonds. The van der Waals surface area contributed by atoms with Crippen LogP contribution in [0.15, 0.2) is 29.0 Å². The predicted molar refractivity (Wildman–Crippen MR) is 76.1 cm³/mol. The van der Waals surface area contributed by atoms with Gasteiger partial charge in [0.2, 0.25) is 0 Å². The fourth-order valence-electron chi connectivity index (χ4n) is 2.91. The Labute approximate surface area is 122 Å². The Bertz CT molecular complexity index is 621. The van der Waals surface area contributed by atoms with Crippen molar-refractivity contribution in [3.63, 3.8) is 0 Å². The highest BCUT2D eigenvalue weighted by atomic mass is 16.7. The van der Waals surface area contributed by atoms with Crippen LogP contribution in [0.2, 0.25) is 0 Å². The van der Waals surface area contributed by atoms with Gasteiger partial charge in [-0.2, -0.15) is 0 Å². The minimum absolute atomic E-state index is 0.0343. The molecule has 6 heteroatoms. The number of rotatable bonds is 3. The van der Waals surface area contributed by atoms with Crippen LogP contribution in [0.3, 0.4) is 0 Å². The van der Waals surface area contributed by atoms with E-state index in [1.807, 2.05) is 12.1 Å². The third kappa shape index (κ3) is 2.50. The normalized spacial score (nSPS) is 24.7. The first-order valence-electron chi connectivity index (χ1n) is 7.30. The van der Waals surface area contributed by atoms with Crippen LogP contribution in [0.4, 0.5) is 5.82 Å². The molecular weight excluding hydrogens is 272 g/mol. The molecule has 2 saturated heterocycles. The molecule has 2 aromatic heterocycles. The summed E-state index contributed by atoms with van der Waals surface area (Å²) in [5, 5.41) is 4.31. The molecule has 2 fully saturated rings. The van der Waals surface area contributed by atoms with E-state index in [9.17, 15) is 0 Å². The van der Waals surface area contributed by atoms with Gasteiger partial charge in [0, 0.05) is 25.6 Å². The van der Waals surface area contributed by atoms with Crippen LogP contribution < -0.4 is 5.32 Å². The Hall–Kier alpha value is -1.63. The predicted octanol–water partition coefficient (Wildman–Crippen LogP) is 2.16. The van der Waals surface area contributed by atoms with Crippen LogP contribution in [0.5, 0.6) is 0 Å². The number of anilines is 1. The van der Waals surface area contributed by atoms with Crippen molar-refractivity contribution >= 4 is 16.8 Å². The highest BCUT2D eigenvalue weighted by Crippen LogP contribution is 2.33. The first-order valence-corrected chi connectivity index (χ1v) is 7.30. The summed E-state index contributed by atoms with van der Waals surface area (Å²) in [7, 11) is 0. The van der Waals surface area contributed by atoms with Crippen LogP contribution in [0, 0.1) is 0 Å². The minimum Gasteiger partial charge on any atom is -0.464 e. The molecule has 4 heterocycles. The molecule has 0 unspecified atom stereocenters. The van der Waals surface area contributed by atoms with Gasteiger partial charge in [0.25, 0.3) is 0 Å². The molecule has 0 aromatic carbocycles. The van der Waals surface area contributed by atoms with Gasteiger partial charge in [0.05, 0.1) is 31.5 Å². The topological polar surface area (TPSA) is 65.8 Å². The summed E-state index contributed by atoms with van der Waals surface area (Å²) in [4.78, 5) is 4.36. The number of nitrogens with one attached hydrogen (secondary N) is 1. The van der Waals surface area contributed by atoms with Gasteiger partial charge >= 0.3 is 0 Å². The summed E-state index contributed by atoms with van der Waals surface area (Å²) in [6.07, 6.45) is 5.05. The zero-order valence-electron chi connectivity index (χ0n) is 11.7. The summed E-state index contributed by atoms with van der Waals surface area (Å²) in [5.41, 5.74) is 0.831. The molecule has 0 radical (unpaired) electrons. The SMILES string of the molecule is c1cc2occc2c(NC[C@@H]2COC3(CCOCC3)O2)n1. The highest BCUT2D eigenvalue weighted by Gasteiger charge is 2.42. The van der Waals surface area contributed by atoms with Crippen molar-refractivity contribution in [2.45, 2.75) is 24.7 Å². The van der Waals surface area contributed by atoms with Gasteiger partial charge in [-0.1, -0.05) is 0 Å². The van der Waals surface area contributed by atoms with Crippen molar-refractivity contribution in [3.8, 4) is 0 Å². The zero-order valence-corrected chi connectivity index (χ0v) is 11.7. The second-order valence-corrected chi connectivity index (χ2v) is 5.45. The molecule has 1 N–H and O–H groups in total. The van der Waals surface area contributed by atoms with Crippen molar-refractivity contribution < 1.29 is 18.6 Å². The number of furan rings is 1. The van der Waals surface area contributed by atoms with Gasteiger partial charge < -0.3 is 23.9 Å². The van der Waals surface area contributed by atoms with E-state index >= 15 is 0 Å². The van der Waals surface area contributed by atoms with Gasteiger partial charge in [0.15, 0.2) is 5.79 Å². The molecule has 2 aliphatic heterocycles. The summed E-state index contributed by atoms with van der Waals surface area (Å²) in [6.45, 7) is 2.68. The summed E-state index contributed by atoms with van der Waals surface area (Å²) >= 11 is 0. The zero-order chi connectivity index (χ0) is 14.1. The Morgan fingerprint density at radius 3 is 3.10 bits per heavy atom. The Morgan fingerprint density at radius 2 is 2.19 bits per heavy atom. The lowest BCUT2D eigenvalue weighted by Crippen LogP contribution is -2.38. The smallest absolute Gasteiger partial charge is 0.173 e. The van der Waals surface area contributed by atoms with Gasteiger partial charge in [-0.05, 0) is 12.1 Å². The first-order chi connectivity index (χ1) is 10.3. The molecule has 4 rings (SSSR count). The van der Waals surface area contributed by atoms with E-state index in [1.165, 1.54) is 0 Å².